The zero-order valence-electron chi connectivity index (χ0n) is 15.8. The number of amides is 1. The number of ether oxygens (including phenoxy) is 1. The summed E-state index contributed by atoms with van der Waals surface area (Å²) in [6.07, 6.45) is 6.17. The van der Waals surface area contributed by atoms with Crippen molar-refractivity contribution in [1.29, 1.82) is 0 Å². The molecule has 4 rings (SSSR count). The number of nitrogens with zero attached hydrogens (tertiary/aromatic N) is 3. The highest BCUT2D eigenvalue weighted by molar-refractivity contribution is 5.78. The van der Waals surface area contributed by atoms with Crippen LogP contribution in [0.15, 0.2) is 67.1 Å². The summed E-state index contributed by atoms with van der Waals surface area (Å²) >= 11 is 0. The third-order valence-electron chi connectivity index (χ3n) is 4.84. The van der Waals surface area contributed by atoms with Crippen molar-refractivity contribution in [2.75, 3.05) is 31.2 Å². The van der Waals surface area contributed by atoms with E-state index in [1.165, 1.54) is 0 Å². The number of nitrogens with one attached hydrogen (secondary N) is 1. The number of hydrogen-bond acceptors (Lipinski definition) is 4. The molecule has 3 heterocycles. The molecule has 0 atom stereocenters. The quantitative estimate of drug-likeness (QED) is 0.718. The molecule has 1 fully saturated rings. The van der Waals surface area contributed by atoms with Gasteiger partial charge >= 0.3 is 0 Å². The van der Waals surface area contributed by atoms with E-state index in [4.69, 9.17) is 4.74 Å². The van der Waals surface area contributed by atoms with Crippen LogP contribution in [-0.4, -0.2) is 41.8 Å². The van der Waals surface area contributed by atoms with Gasteiger partial charge < -0.3 is 19.5 Å². The highest BCUT2D eigenvalue weighted by atomic mass is 16.5. The van der Waals surface area contributed by atoms with Gasteiger partial charge in [0.1, 0.15) is 5.82 Å². The molecule has 1 aromatic carbocycles. The number of benzene rings is 1. The second kappa shape index (κ2) is 8.71. The highest BCUT2D eigenvalue weighted by Crippen LogP contribution is 2.14. The van der Waals surface area contributed by atoms with E-state index in [2.05, 4.69) is 15.2 Å². The molecule has 0 saturated carbocycles. The molecular weight excluding hydrogens is 352 g/mol. The summed E-state index contributed by atoms with van der Waals surface area (Å²) in [6.45, 7) is 3.65. The molecule has 1 aliphatic heterocycles. The molecule has 28 heavy (non-hydrogen) atoms. The number of aromatic nitrogens is 2. The second-order valence-corrected chi connectivity index (χ2v) is 6.83. The van der Waals surface area contributed by atoms with Crippen LogP contribution in [-0.2, 0) is 22.5 Å². The van der Waals surface area contributed by atoms with Crippen molar-refractivity contribution in [1.82, 2.24) is 14.9 Å². The van der Waals surface area contributed by atoms with Gasteiger partial charge in [0.25, 0.3) is 0 Å². The molecule has 6 nitrogen and oxygen atoms in total. The van der Waals surface area contributed by atoms with Crippen molar-refractivity contribution in [2.24, 2.45) is 0 Å². The van der Waals surface area contributed by atoms with Gasteiger partial charge in [-0.3, -0.25) is 4.79 Å². The fourth-order valence-electron chi connectivity index (χ4n) is 3.28. The van der Waals surface area contributed by atoms with Crippen molar-refractivity contribution >= 4 is 11.7 Å². The van der Waals surface area contributed by atoms with Crippen molar-refractivity contribution in [3.05, 3.63) is 78.2 Å². The van der Waals surface area contributed by atoms with E-state index in [1.54, 1.807) is 6.20 Å². The van der Waals surface area contributed by atoms with Crippen LogP contribution >= 0.6 is 0 Å². The van der Waals surface area contributed by atoms with Gasteiger partial charge in [0.15, 0.2) is 0 Å². The number of pyridine rings is 1. The standard InChI is InChI=1S/C22H24N4O2/c27-22(16-18-3-5-20(6-4-18)25-9-1-2-10-25)24-17-19-7-8-23-21(15-19)26-11-13-28-14-12-26/h1-10,15H,11-14,16-17H2,(H,24,27). The first-order chi connectivity index (χ1) is 13.8. The summed E-state index contributed by atoms with van der Waals surface area (Å²) in [6, 6.07) is 16.0. The Morgan fingerprint density at radius 2 is 1.79 bits per heavy atom. The first-order valence-corrected chi connectivity index (χ1v) is 9.54. The summed E-state index contributed by atoms with van der Waals surface area (Å²) in [4.78, 5) is 19.0. The van der Waals surface area contributed by atoms with Crippen LogP contribution in [0.3, 0.4) is 0 Å². The fraction of sp³-hybridized carbons (Fsp3) is 0.273. The molecule has 0 unspecified atom stereocenters. The highest BCUT2D eigenvalue weighted by Gasteiger charge is 2.12. The molecule has 1 aliphatic rings. The number of carbonyl (C=O) groups excluding carboxylic acids is 1. The Bertz CT molecular complexity index is 901. The normalized spacial score (nSPS) is 14.1. The summed E-state index contributed by atoms with van der Waals surface area (Å²) < 4.78 is 7.43. The molecule has 0 bridgehead atoms. The summed E-state index contributed by atoms with van der Waals surface area (Å²) in [5, 5.41) is 3.00. The number of morpholine rings is 1. The van der Waals surface area contributed by atoms with Crippen molar-refractivity contribution in [3.63, 3.8) is 0 Å². The third-order valence-corrected chi connectivity index (χ3v) is 4.84. The van der Waals surface area contributed by atoms with Gasteiger partial charge in [0.2, 0.25) is 5.91 Å². The van der Waals surface area contributed by atoms with E-state index in [0.717, 1.165) is 48.9 Å². The molecule has 2 aromatic heterocycles. The molecular formula is C22H24N4O2. The number of carbonyl (C=O) groups is 1. The van der Waals surface area contributed by atoms with E-state index in [0.29, 0.717) is 13.0 Å². The van der Waals surface area contributed by atoms with E-state index in [9.17, 15) is 4.79 Å². The van der Waals surface area contributed by atoms with Crippen LogP contribution in [0.4, 0.5) is 5.82 Å². The molecule has 3 aromatic rings. The van der Waals surface area contributed by atoms with E-state index in [-0.39, 0.29) is 5.91 Å². The smallest absolute Gasteiger partial charge is 0.224 e. The van der Waals surface area contributed by atoms with Gasteiger partial charge in [-0.1, -0.05) is 12.1 Å². The number of hydrogen-bond donors (Lipinski definition) is 1. The molecule has 6 heteroatoms. The summed E-state index contributed by atoms with van der Waals surface area (Å²) in [5.74, 6) is 0.953. The van der Waals surface area contributed by atoms with Gasteiger partial charge in [0, 0.05) is 43.9 Å². The minimum absolute atomic E-state index is 0.0125. The van der Waals surface area contributed by atoms with E-state index >= 15 is 0 Å². The lowest BCUT2D eigenvalue weighted by Crippen LogP contribution is -2.36. The van der Waals surface area contributed by atoms with Crippen LogP contribution in [0.5, 0.6) is 0 Å². The van der Waals surface area contributed by atoms with Gasteiger partial charge in [-0.05, 0) is 47.5 Å². The van der Waals surface area contributed by atoms with Crippen molar-refractivity contribution in [3.8, 4) is 5.69 Å². The maximum Gasteiger partial charge on any atom is 0.224 e. The van der Waals surface area contributed by atoms with Gasteiger partial charge in [-0.15, -0.1) is 0 Å². The summed E-state index contributed by atoms with van der Waals surface area (Å²) in [5.41, 5.74) is 3.13. The molecule has 0 aliphatic carbocycles. The molecule has 0 spiro atoms. The zero-order chi connectivity index (χ0) is 19.2. The van der Waals surface area contributed by atoms with Gasteiger partial charge in [0.05, 0.1) is 19.6 Å². The largest absolute Gasteiger partial charge is 0.378 e. The van der Waals surface area contributed by atoms with E-state index in [1.807, 2.05) is 65.5 Å². The maximum atomic E-state index is 12.3. The second-order valence-electron chi connectivity index (χ2n) is 6.83. The Morgan fingerprint density at radius 1 is 1.04 bits per heavy atom. The fourth-order valence-corrected chi connectivity index (χ4v) is 3.28. The molecule has 144 valence electrons. The Labute approximate surface area is 164 Å². The predicted molar refractivity (Wildman–Crippen MR) is 109 cm³/mol. The topological polar surface area (TPSA) is 59.4 Å². The number of anilines is 1. The molecule has 1 amide bonds. The van der Waals surface area contributed by atoms with Crippen molar-refractivity contribution < 1.29 is 9.53 Å². The lowest BCUT2D eigenvalue weighted by atomic mass is 10.1. The van der Waals surface area contributed by atoms with Crippen LogP contribution < -0.4 is 10.2 Å². The average Bonchev–Trinajstić information content (AvgIpc) is 3.29. The lowest BCUT2D eigenvalue weighted by Gasteiger charge is -2.28. The maximum absolute atomic E-state index is 12.3. The monoisotopic (exact) mass is 376 g/mol. The summed E-state index contributed by atoms with van der Waals surface area (Å²) in [7, 11) is 0. The van der Waals surface area contributed by atoms with Crippen molar-refractivity contribution in [2.45, 2.75) is 13.0 Å². The predicted octanol–water partition coefficient (Wildman–Crippen LogP) is 2.57. The minimum atomic E-state index is 0.0125. The van der Waals surface area contributed by atoms with Crippen LogP contribution in [0.2, 0.25) is 0 Å². The van der Waals surface area contributed by atoms with Crippen LogP contribution in [0.1, 0.15) is 11.1 Å². The lowest BCUT2D eigenvalue weighted by molar-refractivity contribution is -0.120. The third kappa shape index (κ3) is 4.58. The van der Waals surface area contributed by atoms with Gasteiger partial charge in [-0.2, -0.15) is 0 Å². The number of rotatable bonds is 6. The Kier molecular flexibility index (Phi) is 5.68. The van der Waals surface area contributed by atoms with E-state index < -0.39 is 0 Å². The minimum Gasteiger partial charge on any atom is -0.378 e. The zero-order valence-corrected chi connectivity index (χ0v) is 15.8. The molecule has 1 N–H and O–H groups in total. The Hall–Kier alpha value is -3.12. The Balaban J connectivity index is 1.31. The molecule has 0 radical (unpaired) electrons. The van der Waals surface area contributed by atoms with Crippen LogP contribution in [0, 0.1) is 0 Å². The first-order valence-electron chi connectivity index (χ1n) is 9.54. The Morgan fingerprint density at radius 3 is 2.54 bits per heavy atom. The first kappa shape index (κ1) is 18.3. The average molecular weight is 376 g/mol. The van der Waals surface area contributed by atoms with Crippen LogP contribution in [0.25, 0.3) is 5.69 Å². The molecule has 1 saturated heterocycles. The SMILES string of the molecule is O=C(Cc1ccc(-n2cccc2)cc1)NCc1ccnc(N2CCOCC2)c1. The van der Waals surface area contributed by atoms with Gasteiger partial charge in [-0.25, -0.2) is 4.98 Å².